The highest BCUT2D eigenvalue weighted by Crippen LogP contribution is 2.21. The molecule has 0 aliphatic carbocycles. The summed E-state index contributed by atoms with van der Waals surface area (Å²) in [7, 11) is 0. The fourth-order valence-corrected chi connectivity index (χ4v) is 2.18. The van der Waals surface area contributed by atoms with Gasteiger partial charge in [0.15, 0.2) is 0 Å². The van der Waals surface area contributed by atoms with Crippen LogP contribution in [0.4, 0.5) is 0 Å². The van der Waals surface area contributed by atoms with Gasteiger partial charge in [0.25, 0.3) is 0 Å². The Morgan fingerprint density at radius 3 is 3.07 bits per heavy atom. The Labute approximate surface area is 92.8 Å². The van der Waals surface area contributed by atoms with Crippen LogP contribution in [0.1, 0.15) is 0 Å². The lowest BCUT2D eigenvalue weighted by molar-refractivity contribution is 0.474. The first-order valence-electron chi connectivity index (χ1n) is 4.72. The number of hydrogen-bond acceptors (Lipinski definition) is 3. The van der Waals surface area contributed by atoms with E-state index in [0.29, 0.717) is 5.75 Å². The van der Waals surface area contributed by atoms with Crippen LogP contribution < -0.4 is 0 Å². The normalized spacial score (nSPS) is 10.4. The van der Waals surface area contributed by atoms with E-state index in [1.54, 1.807) is 30.1 Å². The fraction of sp³-hybridized carbons (Fsp3) is 0.182. The van der Waals surface area contributed by atoms with Crippen molar-refractivity contribution in [3.63, 3.8) is 0 Å². The third-order valence-corrected chi connectivity index (χ3v) is 2.97. The third kappa shape index (κ3) is 3.02. The molecule has 0 bridgehead atoms. The van der Waals surface area contributed by atoms with Crippen LogP contribution in [-0.2, 0) is 6.54 Å². The topological polar surface area (TPSA) is 38.0 Å². The van der Waals surface area contributed by atoms with Gasteiger partial charge in [0.1, 0.15) is 5.75 Å². The number of benzene rings is 1. The molecule has 2 aromatic rings. The van der Waals surface area contributed by atoms with Crippen molar-refractivity contribution >= 4 is 11.8 Å². The van der Waals surface area contributed by atoms with Crippen molar-refractivity contribution in [2.45, 2.75) is 11.4 Å². The Morgan fingerprint density at radius 2 is 2.33 bits per heavy atom. The molecule has 0 radical (unpaired) electrons. The number of thioether (sulfide) groups is 1. The van der Waals surface area contributed by atoms with Crippen LogP contribution >= 0.6 is 11.8 Å². The molecule has 1 heterocycles. The SMILES string of the molecule is Oc1cccc(SCCn2ccnc2)c1. The maximum atomic E-state index is 9.27. The van der Waals surface area contributed by atoms with Gasteiger partial charge in [0.2, 0.25) is 0 Å². The molecule has 0 saturated heterocycles. The number of aromatic nitrogens is 2. The third-order valence-electron chi connectivity index (χ3n) is 2.00. The van der Waals surface area contributed by atoms with Crippen LogP contribution in [0.5, 0.6) is 5.75 Å². The number of hydrogen-bond donors (Lipinski definition) is 1. The summed E-state index contributed by atoms with van der Waals surface area (Å²) in [5.41, 5.74) is 0. The second-order valence-electron chi connectivity index (χ2n) is 3.15. The first-order chi connectivity index (χ1) is 7.34. The summed E-state index contributed by atoms with van der Waals surface area (Å²) in [5.74, 6) is 1.29. The van der Waals surface area contributed by atoms with Crippen molar-refractivity contribution in [2.75, 3.05) is 5.75 Å². The van der Waals surface area contributed by atoms with Crippen molar-refractivity contribution in [3.8, 4) is 5.75 Å². The number of nitrogens with zero attached hydrogens (tertiary/aromatic N) is 2. The van der Waals surface area contributed by atoms with E-state index in [4.69, 9.17) is 0 Å². The smallest absolute Gasteiger partial charge is 0.116 e. The predicted octanol–water partition coefficient (Wildman–Crippen LogP) is 2.38. The Morgan fingerprint density at radius 1 is 1.40 bits per heavy atom. The summed E-state index contributed by atoms with van der Waals surface area (Å²) in [6.45, 7) is 0.931. The zero-order valence-electron chi connectivity index (χ0n) is 8.21. The molecule has 0 fully saturated rings. The van der Waals surface area contributed by atoms with E-state index >= 15 is 0 Å². The molecule has 0 spiro atoms. The van der Waals surface area contributed by atoms with E-state index in [0.717, 1.165) is 17.2 Å². The molecule has 3 nitrogen and oxygen atoms in total. The highest BCUT2D eigenvalue weighted by atomic mass is 32.2. The maximum Gasteiger partial charge on any atom is 0.116 e. The van der Waals surface area contributed by atoms with Gasteiger partial charge in [-0.05, 0) is 18.2 Å². The summed E-state index contributed by atoms with van der Waals surface area (Å²) >= 11 is 1.72. The number of imidazole rings is 1. The molecule has 1 aromatic carbocycles. The minimum atomic E-state index is 0.322. The van der Waals surface area contributed by atoms with Crippen LogP contribution in [-0.4, -0.2) is 20.4 Å². The number of aromatic hydroxyl groups is 1. The largest absolute Gasteiger partial charge is 0.508 e. The second kappa shape index (κ2) is 4.89. The lowest BCUT2D eigenvalue weighted by Crippen LogP contribution is -1.96. The molecule has 0 aliphatic heterocycles. The highest BCUT2D eigenvalue weighted by Gasteiger charge is 1.95. The molecule has 1 aromatic heterocycles. The van der Waals surface area contributed by atoms with E-state index in [-0.39, 0.29) is 0 Å². The van der Waals surface area contributed by atoms with Gasteiger partial charge in [-0.3, -0.25) is 0 Å². The van der Waals surface area contributed by atoms with Gasteiger partial charge in [-0.1, -0.05) is 6.07 Å². The van der Waals surface area contributed by atoms with E-state index in [1.807, 2.05) is 29.2 Å². The predicted molar refractivity (Wildman–Crippen MR) is 61.1 cm³/mol. The van der Waals surface area contributed by atoms with Crippen molar-refractivity contribution < 1.29 is 5.11 Å². The molecule has 1 N–H and O–H groups in total. The van der Waals surface area contributed by atoms with Crippen molar-refractivity contribution in [1.82, 2.24) is 9.55 Å². The van der Waals surface area contributed by atoms with E-state index < -0.39 is 0 Å². The summed E-state index contributed by atoms with van der Waals surface area (Å²) in [6, 6.07) is 7.31. The van der Waals surface area contributed by atoms with Gasteiger partial charge in [0, 0.05) is 29.6 Å². The van der Waals surface area contributed by atoms with Crippen LogP contribution in [0.3, 0.4) is 0 Å². The Balaban J connectivity index is 1.83. The second-order valence-corrected chi connectivity index (χ2v) is 4.31. The highest BCUT2D eigenvalue weighted by molar-refractivity contribution is 7.99. The van der Waals surface area contributed by atoms with Gasteiger partial charge in [-0.2, -0.15) is 0 Å². The van der Waals surface area contributed by atoms with Crippen LogP contribution in [0.2, 0.25) is 0 Å². The average molecular weight is 220 g/mol. The molecular weight excluding hydrogens is 208 g/mol. The molecule has 0 atom stereocenters. The summed E-state index contributed by atoms with van der Waals surface area (Å²) in [6.07, 6.45) is 5.53. The summed E-state index contributed by atoms with van der Waals surface area (Å²) in [4.78, 5) is 5.07. The molecule has 15 heavy (non-hydrogen) atoms. The van der Waals surface area contributed by atoms with E-state index in [9.17, 15) is 5.11 Å². The van der Waals surface area contributed by atoms with Gasteiger partial charge in [-0.15, -0.1) is 11.8 Å². The minimum absolute atomic E-state index is 0.322. The average Bonchev–Trinajstić information content (AvgIpc) is 2.71. The fourth-order valence-electron chi connectivity index (χ4n) is 1.26. The van der Waals surface area contributed by atoms with Crippen molar-refractivity contribution in [2.24, 2.45) is 0 Å². The van der Waals surface area contributed by atoms with Crippen LogP contribution in [0.15, 0.2) is 47.9 Å². The zero-order valence-corrected chi connectivity index (χ0v) is 9.02. The van der Waals surface area contributed by atoms with Gasteiger partial charge in [0.05, 0.1) is 6.33 Å². The minimum Gasteiger partial charge on any atom is -0.508 e. The van der Waals surface area contributed by atoms with E-state index in [2.05, 4.69) is 4.98 Å². The molecule has 0 aliphatic rings. The van der Waals surface area contributed by atoms with Crippen LogP contribution in [0, 0.1) is 0 Å². The first kappa shape index (κ1) is 10.1. The number of phenols is 1. The van der Waals surface area contributed by atoms with Crippen LogP contribution in [0.25, 0.3) is 0 Å². The molecule has 0 amide bonds. The summed E-state index contributed by atoms with van der Waals surface area (Å²) < 4.78 is 2.04. The molecule has 2 rings (SSSR count). The Kier molecular flexibility index (Phi) is 3.29. The molecule has 0 unspecified atom stereocenters. The number of rotatable bonds is 4. The first-order valence-corrected chi connectivity index (χ1v) is 5.71. The standard InChI is InChI=1S/C11H12N2OS/c14-10-2-1-3-11(8-10)15-7-6-13-5-4-12-9-13/h1-5,8-9,14H,6-7H2. The lowest BCUT2D eigenvalue weighted by atomic mass is 10.3. The quantitative estimate of drug-likeness (QED) is 0.804. The monoisotopic (exact) mass is 220 g/mol. The van der Waals surface area contributed by atoms with E-state index in [1.165, 1.54) is 0 Å². The maximum absolute atomic E-state index is 9.27. The molecular formula is C11H12N2OS. The zero-order chi connectivity index (χ0) is 10.5. The molecule has 4 heteroatoms. The number of phenolic OH excluding ortho intramolecular Hbond substituents is 1. The Bertz CT molecular complexity index is 414. The number of aryl methyl sites for hydroxylation is 1. The summed E-state index contributed by atoms with van der Waals surface area (Å²) in [5, 5.41) is 9.27. The van der Waals surface area contributed by atoms with Gasteiger partial charge >= 0.3 is 0 Å². The lowest BCUT2D eigenvalue weighted by Gasteiger charge is -2.02. The molecule has 78 valence electrons. The van der Waals surface area contributed by atoms with Crippen molar-refractivity contribution in [3.05, 3.63) is 43.0 Å². The van der Waals surface area contributed by atoms with Gasteiger partial charge < -0.3 is 9.67 Å². The molecule has 0 saturated carbocycles. The Hall–Kier alpha value is -1.42. The van der Waals surface area contributed by atoms with Gasteiger partial charge in [-0.25, -0.2) is 4.98 Å². The van der Waals surface area contributed by atoms with Crippen molar-refractivity contribution in [1.29, 1.82) is 0 Å².